The number of aryl methyl sites for hydroxylation is 2. The van der Waals surface area contributed by atoms with E-state index in [0.29, 0.717) is 36.2 Å². The minimum atomic E-state index is -3.64. The summed E-state index contributed by atoms with van der Waals surface area (Å²) < 4.78 is 32.5. The second-order valence-electron chi connectivity index (χ2n) is 5.29. The lowest BCUT2D eigenvalue weighted by Gasteiger charge is -2.15. The molecule has 1 aliphatic rings. The van der Waals surface area contributed by atoms with Crippen molar-refractivity contribution in [2.45, 2.75) is 44.2 Å². The minimum absolute atomic E-state index is 0.0755. The van der Waals surface area contributed by atoms with Crippen molar-refractivity contribution in [1.82, 2.24) is 9.62 Å². The van der Waals surface area contributed by atoms with Gasteiger partial charge in [0.25, 0.3) is 0 Å². The van der Waals surface area contributed by atoms with Gasteiger partial charge in [0.1, 0.15) is 16.4 Å². The molecule has 0 unspecified atom stereocenters. The largest absolute Gasteiger partial charge is 0.465 e. The fraction of sp³-hybridized carbons (Fsp3) is 0.692. The smallest absolute Gasteiger partial charge is 0.244 e. The van der Waals surface area contributed by atoms with Gasteiger partial charge >= 0.3 is 0 Å². The van der Waals surface area contributed by atoms with Gasteiger partial charge in [-0.2, -0.15) is 0 Å². The zero-order chi connectivity index (χ0) is 14.9. The molecule has 20 heavy (non-hydrogen) atoms. The predicted molar refractivity (Wildman–Crippen MR) is 74.9 cm³/mol. The summed E-state index contributed by atoms with van der Waals surface area (Å²) in [4.78, 5) is 2.23. The first-order valence-electron chi connectivity index (χ1n) is 6.76. The predicted octanol–water partition coefficient (Wildman–Crippen LogP) is 0.761. The van der Waals surface area contributed by atoms with Crippen LogP contribution in [0.2, 0.25) is 0 Å². The number of likely N-dealkylation sites (N-methyl/N-ethyl adjacent to an activating group) is 1. The number of aliphatic hydroxyl groups is 1. The molecule has 1 heterocycles. The topological polar surface area (TPSA) is 82.8 Å². The molecule has 0 aromatic carbocycles. The maximum Gasteiger partial charge on any atom is 0.244 e. The van der Waals surface area contributed by atoms with Crippen LogP contribution in [0.3, 0.4) is 0 Å². The van der Waals surface area contributed by atoms with Crippen molar-refractivity contribution in [3.8, 4) is 0 Å². The molecule has 2 N–H and O–H groups in total. The van der Waals surface area contributed by atoms with Crippen LogP contribution in [0, 0.1) is 13.8 Å². The number of aliphatic hydroxyl groups excluding tert-OH is 1. The maximum atomic E-state index is 12.3. The van der Waals surface area contributed by atoms with Gasteiger partial charge in [0.2, 0.25) is 10.0 Å². The highest BCUT2D eigenvalue weighted by atomic mass is 32.2. The summed E-state index contributed by atoms with van der Waals surface area (Å²) in [7, 11) is -1.65. The van der Waals surface area contributed by atoms with Crippen molar-refractivity contribution < 1.29 is 17.9 Å². The summed E-state index contributed by atoms with van der Waals surface area (Å²) in [6, 6.07) is 0.602. The fourth-order valence-electron chi connectivity index (χ4n) is 2.37. The van der Waals surface area contributed by atoms with Crippen LogP contribution >= 0.6 is 0 Å². The molecule has 0 bridgehead atoms. The standard InChI is InChI=1S/C13H22N2O4S/c1-9-12(8-16)13(10(2)19-9)20(17,18)14-6-7-15(3)11-4-5-11/h11,14,16H,4-8H2,1-3H3. The number of hydrogen-bond acceptors (Lipinski definition) is 5. The van der Waals surface area contributed by atoms with Gasteiger partial charge in [-0.3, -0.25) is 0 Å². The number of sulfonamides is 1. The molecule has 1 saturated carbocycles. The third kappa shape index (κ3) is 3.22. The number of hydrogen-bond donors (Lipinski definition) is 2. The summed E-state index contributed by atoms with van der Waals surface area (Å²) in [5.74, 6) is 0.759. The lowest BCUT2D eigenvalue weighted by atomic mass is 10.2. The Kier molecular flexibility index (Phi) is 4.53. The highest BCUT2D eigenvalue weighted by Gasteiger charge is 2.28. The first-order valence-corrected chi connectivity index (χ1v) is 8.24. The molecule has 0 atom stereocenters. The van der Waals surface area contributed by atoms with Crippen molar-refractivity contribution in [2.24, 2.45) is 0 Å². The molecule has 0 saturated heterocycles. The first-order chi connectivity index (χ1) is 9.36. The highest BCUT2D eigenvalue weighted by molar-refractivity contribution is 7.89. The van der Waals surface area contributed by atoms with Gasteiger partial charge in [0.05, 0.1) is 6.61 Å². The summed E-state index contributed by atoms with van der Waals surface area (Å²) in [6.45, 7) is 3.93. The quantitative estimate of drug-likeness (QED) is 0.777. The zero-order valence-corrected chi connectivity index (χ0v) is 13.0. The molecule has 0 spiro atoms. The van der Waals surface area contributed by atoms with Gasteiger partial charge in [0.15, 0.2) is 0 Å². The molecular weight excluding hydrogens is 280 g/mol. The van der Waals surface area contributed by atoms with Crippen LogP contribution < -0.4 is 4.72 Å². The van der Waals surface area contributed by atoms with Gasteiger partial charge in [0, 0.05) is 24.7 Å². The molecule has 114 valence electrons. The summed E-state index contributed by atoms with van der Waals surface area (Å²) in [6.07, 6.45) is 2.38. The lowest BCUT2D eigenvalue weighted by molar-refractivity contribution is 0.276. The highest BCUT2D eigenvalue weighted by Crippen LogP contribution is 2.27. The molecule has 0 amide bonds. The van der Waals surface area contributed by atoms with Crippen LogP contribution in [-0.4, -0.2) is 44.6 Å². The number of furan rings is 1. The SMILES string of the molecule is Cc1oc(C)c(S(=O)(=O)NCCN(C)C2CC2)c1CO. The normalized spacial score (nSPS) is 16.1. The van der Waals surface area contributed by atoms with Crippen molar-refractivity contribution in [1.29, 1.82) is 0 Å². The van der Waals surface area contributed by atoms with Crippen LogP contribution in [0.25, 0.3) is 0 Å². The van der Waals surface area contributed by atoms with Gasteiger partial charge in [-0.1, -0.05) is 0 Å². The average molecular weight is 302 g/mol. The van der Waals surface area contributed by atoms with E-state index in [0.717, 1.165) is 0 Å². The Morgan fingerprint density at radius 1 is 1.35 bits per heavy atom. The van der Waals surface area contributed by atoms with E-state index in [4.69, 9.17) is 4.42 Å². The molecular formula is C13H22N2O4S. The van der Waals surface area contributed by atoms with Crippen molar-refractivity contribution >= 4 is 10.0 Å². The van der Waals surface area contributed by atoms with Crippen LogP contribution in [0.5, 0.6) is 0 Å². The van der Waals surface area contributed by atoms with Crippen LogP contribution in [0.4, 0.5) is 0 Å². The molecule has 0 aliphatic heterocycles. The molecule has 6 nitrogen and oxygen atoms in total. The molecule has 7 heteroatoms. The summed E-state index contributed by atoms with van der Waals surface area (Å²) in [5, 5.41) is 9.31. The van der Waals surface area contributed by atoms with E-state index in [2.05, 4.69) is 9.62 Å². The summed E-state index contributed by atoms with van der Waals surface area (Å²) >= 11 is 0. The Labute approximate surface area is 119 Å². The van der Waals surface area contributed by atoms with E-state index >= 15 is 0 Å². The lowest BCUT2D eigenvalue weighted by Crippen LogP contribution is -2.34. The number of rotatable bonds is 7. The molecule has 2 rings (SSSR count). The Morgan fingerprint density at radius 2 is 2.00 bits per heavy atom. The van der Waals surface area contributed by atoms with Crippen molar-refractivity contribution in [3.63, 3.8) is 0 Å². The van der Waals surface area contributed by atoms with Gasteiger partial charge in [-0.05, 0) is 33.7 Å². The fourth-order valence-corrected chi connectivity index (χ4v) is 3.83. The second-order valence-corrected chi connectivity index (χ2v) is 6.99. The van der Waals surface area contributed by atoms with E-state index in [1.165, 1.54) is 12.8 Å². The van der Waals surface area contributed by atoms with Crippen LogP contribution in [-0.2, 0) is 16.6 Å². The second kappa shape index (κ2) is 5.85. The maximum absolute atomic E-state index is 12.3. The molecule has 1 aliphatic carbocycles. The Morgan fingerprint density at radius 3 is 2.55 bits per heavy atom. The average Bonchev–Trinajstić information content (AvgIpc) is 3.14. The van der Waals surface area contributed by atoms with E-state index in [-0.39, 0.29) is 11.5 Å². The third-order valence-electron chi connectivity index (χ3n) is 3.68. The summed E-state index contributed by atoms with van der Waals surface area (Å²) in [5.41, 5.74) is 0.338. The van der Waals surface area contributed by atoms with Gasteiger partial charge < -0.3 is 14.4 Å². The Bertz CT molecular complexity index is 575. The van der Waals surface area contributed by atoms with Gasteiger partial charge in [-0.25, -0.2) is 13.1 Å². The molecule has 1 aromatic rings. The van der Waals surface area contributed by atoms with Crippen LogP contribution in [0.1, 0.15) is 29.9 Å². The Balaban J connectivity index is 2.06. The molecule has 1 aromatic heterocycles. The van der Waals surface area contributed by atoms with Crippen LogP contribution in [0.15, 0.2) is 9.31 Å². The van der Waals surface area contributed by atoms with Crippen molar-refractivity contribution in [3.05, 3.63) is 17.1 Å². The van der Waals surface area contributed by atoms with E-state index in [9.17, 15) is 13.5 Å². The van der Waals surface area contributed by atoms with E-state index < -0.39 is 10.0 Å². The zero-order valence-electron chi connectivity index (χ0n) is 12.1. The van der Waals surface area contributed by atoms with Crippen molar-refractivity contribution in [2.75, 3.05) is 20.1 Å². The van der Waals surface area contributed by atoms with Gasteiger partial charge in [-0.15, -0.1) is 0 Å². The molecule has 0 radical (unpaired) electrons. The third-order valence-corrected chi connectivity index (χ3v) is 5.33. The molecule has 1 fully saturated rings. The minimum Gasteiger partial charge on any atom is -0.465 e. The Hall–Kier alpha value is -0.890. The van der Waals surface area contributed by atoms with E-state index in [1.807, 2.05) is 7.05 Å². The number of nitrogens with one attached hydrogen (secondary N) is 1. The first kappa shape index (κ1) is 15.5. The monoisotopic (exact) mass is 302 g/mol. The van der Waals surface area contributed by atoms with E-state index in [1.54, 1.807) is 13.8 Å². The number of nitrogens with zero attached hydrogens (tertiary/aromatic N) is 1.